The van der Waals surface area contributed by atoms with E-state index in [4.69, 9.17) is 0 Å². The number of carbonyl (C=O) groups excluding carboxylic acids is 3. The molecule has 1 unspecified atom stereocenters. The van der Waals surface area contributed by atoms with Crippen LogP contribution in [0.2, 0.25) is 0 Å². The topological polar surface area (TPSA) is 79.4 Å². The van der Waals surface area contributed by atoms with Crippen LogP contribution in [0.3, 0.4) is 0 Å². The van der Waals surface area contributed by atoms with Crippen LogP contribution in [0.1, 0.15) is 49.1 Å². The summed E-state index contributed by atoms with van der Waals surface area (Å²) in [5.41, 5.74) is 1.03. The Balaban J connectivity index is 1.39. The summed E-state index contributed by atoms with van der Waals surface area (Å²) >= 11 is 0. The molecule has 2 fully saturated rings. The third-order valence-electron chi connectivity index (χ3n) is 6.25. The molecule has 0 saturated carbocycles. The average Bonchev–Trinajstić information content (AvgIpc) is 3.07. The van der Waals surface area contributed by atoms with Crippen LogP contribution < -0.4 is 5.32 Å². The predicted molar refractivity (Wildman–Crippen MR) is 108 cm³/mol. The molecule has 1 N–H and O–H groups in total. The SMILES string of the molecule is O=C1CC(CCC(=O)N2CCC(c3ccccc3)CC2)(c2cccnc2)C(=O)N1. The van der Waals surface area contributed by atoms with E-state index in [0.29, 0.717) is 17.9 Å². The standard InChI is InChI=1S/C23H25N3O3/c27-20-15-23(22(29)25-20,19-7-4-12-24-16-19)11-8-21(28)26-13-9-18(10-14-26)17-5-2-1-3-6-17/h1-7,12,16,18H,8-11,13-15H2,(H,25,27,29). The predicted octanol–water partition coefficient (Wildman–Crippen LogP) is 2.55. The molecule has 1 aromatic carbocycles. The summed E-state index contributed by atoms with van der Waals surface area (Å²) in [4.78, 5) is 43.4. The molecule has 2 saturated heterocycles. The lowest BCUT2D eigenvalue weighted by Gasteiger charge is -2.33. The highest BCUT2D eigenvalue weighted by molar-refractivity contribution is 6.09. The van der Waals surface area contributed by atoms with Crippen molar-refractivity contribution in [1.82, 2.24) is 15.2 Å². The number of hydrogen-bond donors (Lipinski definition) is 1. The maximum Gasteiger partial charge on any atom is 0.237 e. The molecule has 0 radical (unpaired) electrons. The van der Waals surface area contributed by atoms with Gasteiger partial charge in [-0.05, 0) is 42.4 Å². The Labute approximate surface area is 170 Å². The second-order valence-corrected chi connectivity index (χ2v) is 7.94. The number of nitrogens with one attached hydrogen (secondary N) is 1. The van der Waals surface area contributed by atoms with Gasteiger partial charge < -0.3 is 4.90 Å². The molecule has 1 aromatic heterocycles. The number of benzene rings is 1. The summed E-state index contributed by atoms with van der Waals surface area (Å²) in [5.74, 6) is -0.0896. The Hall–Kier alpha value is -3.02. The van der Waals surface area contributed by atoms with Crippen molar-refractivity contribution in [3.8, 4) is 0 Å². The molecule has 1 atom stereocenters. The quantitative estimate of drug-likeness (QED) is 0.795. The molecule has 3 amide bonds. The zero-order valence-corrected chi connectivity index (χ0v) is 16.3. The molecule has 2 aliphatic rings. The number of hydrogen-bond acceptors (Lipinski definition) is 4. The van der Waals surface area contributed by atoms with Crippen molar-refractivity contribution >= 4 is 17.7 Å². The lowest BCUT2D eigenvalue weighted by molar-refractivity contribution is -0.133. The maximum absolute atomic E-state index is 12.9. The van der Waals surface area contributed by atoms with Gasteiger partial charge in [-0.15, -0.1) is 0 Å². The molecule has 29 heavy (non-hydrogen) atoms. The third kappa shape index (κ3) is 3.92. The number of pyridine rings is 1. The number of likely N-dealkylation sites (tertiary alicyclic amines) is 1. The van der Waals surface area contributed by atoms with Gasteiger partial charge in [-0.25, -0.2) is 0 Å². The second kappa shape index (κ2) is 8.15. The van der Waals surface area contributed by atoms with E-state index in [1.54, 1.807) is 24.5 Å². The largest absolute Gasteiger partial charge is 0.343 e. The number of imide groups is 1. The number of rotatable bonds is 5. The highest BCUT2D eigenvalue weighted by Gasteiger charge is 2.48. The first kappa shape index (κ1) is 19.3. The van der Waals surface area contributed by atoms with E-state index in [-0.39, 0.29) is 30.6 Å². The van der Waals surface area contributed by atoms with Crippen molar-refractivity contribution in [1.29, 1.82) is 0 Å². The molecule has 2 aromatic rings. The van der Waals surface area contributed by atoms with Gasteiger partial charge in [-0.1, -0.05) is 36.4 Å². The Morgan fingerprint density at radius 2 is 1.86 bits per heavy atom. The van der Waals surface area contributed by atoms with Crippen molar-refractivity contribution in [2.24, 2.45) is 0 Å². The minimum absolute atomic E-state index is 0.0481. The molecule has 0 bridgehead atoms. The van der Waals surface area contributed by atoms with Gasteiger partial charge in [0.15, 0.2) is 0 Å². The highest BCUT2D eigenvalue weighted by atomic mass is 16.2. The van der Waals surface area contributed by atoms with Crippen LogP contribution >= 0.6 is 0 Å². The molecule has 150 valence electrons. The molecule has 0 spiro atoms. The van der Waals surface area contributed by atoms with Gasteiger partial charge in [0, 0.05) is 38.3 Å². The smallest absolute Gasteiger partial charge is 0.237 e. The summed E-state index contributed by atoms with van der Waals surface area (Å²) in [6.45, 7) is 1.45. The van der Waals surface area contributed by atoms with E-state index in [9.17, 15) is 14.4 Å². The summed E-state index contributed by atoms with van der Waals surface area (Å²) in [5, 5.41) is 2.40. The highest BCUT2D eigenvalue weighted by Crippen LogP contribution is 2.37. The van der Waals surface area contributed by atoms with Gasteiger partial charge >= 0.3 is 0 Å². The van der Waals surface area contributed by atoms with Crippen LogP contribution in [0.5, 0.6) is 0 Å². The molecular formula is C23H25N3O3. The fraction of sp³-hybridized carbons (Fsp3) is 0.391. The van der Waals surface area contributed by atoms with Crippen LogP contribution in [0.25, 0.3) is 0 Å². The van der Waals surface area contributed by atoms with Crippen LogP contribution in [-0.4, -0.2) is 40.7 Å². The first-order chi connectivity index (χ1) is 14.1. The maximum atomic E-state index is 12.9. The van der Waals surface area contributed by atoms with Crippen molar-refractivity contribution in [2.45, 2.75) is 43.4 Å². The number of aromatic nitrogens is 1. The molecule has 3 heterocycles. The molecular weight excluding hydrogens is 366 g/mol. The summed E-state index contributed by atoms with van der Waals surface area (Å²) < 4.78 is 0. The third-order valence-corrected chi connectivity index (χ3v) is 6.25. The van der Waals surface area contributed by atoms with Crippen molar-refractivity contribution < 1.29 is 14.4 Å². The monoisotopic (exact) mass is 391 g/mol. The van der Waals surface area contributed by atoms with Gasteiger partial charge in [-0.2, -0.15) is 0 Å². The Kier molecular flexibility index (Phi) is 5.43. The average molecular weight is 391 g/mol. The van der Waals surface area contributed by atoms with Crippen LogP contribution in [0, 0.1) is 0 Å². The fourth-order valence-electron chi connectivity index (χ4n) is 4.54. The summed E-state index contributed by atoms with van der Waals surface area (Å²) in [7, 11) is 0. The second-order valence-electron chi connectivity index (χ2n) is 7.94. The van der Waals surface area contributed by atoms with E-state index < -0.39 is 5.41 Å². The number of amides is 3. The van der Waals surface area contributed by atoms with Crippen molar-refractivity contribution in [3.05, 3.63) is 66.0 Å². The Bertz CT molecular complexity index is 892. The Morgan fingerprint density at radius 1 is 1.10 bits per heavy atom. The van der Waals surface area contributed by atoms with E-state index >= 15 is 0 Å². The van der Waals surface area contributed by atoms with Gasteiger partial charge in [0.2, 0.25) is 17.7 Å². The van der Waals surface area contributed by atoms with Crippen LogP contribution in [-0.2, 0) is 19.8 Å². The van der Waals surface area contributed by atoms with Crippen molar-refractivity contribution in [3.63, 3.8) is 0 Å². The zero-order chi connectivity index (χ0) is 20.3. The normalized spacial score (nSPS) is 22.6. The lowest BCUT2D eigenvalue weighted by atomic mass is 9.75. The van der Waals surface area contributed by atoms with Crippen molar-refractivity contribution in [2.75, 3.05) is 13.1 Å². The fourth-order valence-corrected chi connectivity index (χ4v) is 4.54. The van der Waals surface area contributed by atoms with E-state index in [1.165, 1.54) is 5.56 Å². The zero-order valence-electron chi connectivity index (χ0n) is 16.3. The number of piperidine rings is 1. The minimum atomic E-state index is -0.997. The van der Waals surface area contributed by atoms with Gasteiger partial charge in [0.05, 0.1) is 5.41 Å². The number of nitrogens with zero attached hydrogens (tertiary/aromatic N) is 2. The van der Waals surface area contributed by atoms with Gasteiger partial charge in [0.1, 0.15) is 0 Å². The summed E-state index contributed by atoms with van der Waals surface area (Å²) in [6, 6.07) is 14.0. The molecule has 2 aliphatic heterocycles. The number of carbonyl (C=O) groups is 3. The molecule has 0 aliphatic carbocycles. The lowest BCUT2D eigenvalue weighted by Crippen LogP contribution is -2.40. The summed E-state index contributed by atoms with van der Waals surface area (Å²) in [6.07, 6.45) is 5.77. The molecule has 4 rings (SSSR count). The first-order valence-corrected chi connectivity index (χ1v) is 10.2. The van der Waals surface area contributed by atoms with Crippen LogP contribution in [0.4, 0.5) is 0 Å². The van der Waals surface area contributed by atoms with Crippen LogP contribution in [0.15, 0.2) is 54.9 Å². The van der Waals surface area contributed by atoms with E-state index in [1.807, 2.05) is 11.0 Å². The van der Waals surface area contributed by atoms with E-state index in [2.05, 4.69) is 34.6 Å². The molecule has 6 heteroatoms. The van der Waals surface area contributed by atoms with Gasteiger partial charge in [0.25, 0.3) is 0 Å². The minimum Gasteiger partial charge on any atom is -0.343 e. The first-order valence-electron chi connectivity index (χ1n) is 10.2. The molecule has 6 nitrogen and oxygen atoms in total. The van der Waals surface area contributed by atoms with Gasteiger partial charge in [-0.3, -0.25) is 24.7 Å². The Morgan fingerprint density at radius 3 is 2.48 bits per heavy atom. The van der Waals surface area contributed by atoms with E-state index in [0.717, 1.165) is 25.9 Å².